The summed E-state index contributed by atoms with van der Waals surface area (Å²) >= 11 is 0. The van der Waals surface area contributed by atoms with Gasteiger partial charge >= 0.3 is 0 Å². The third-order valence-corrected chi connectivity index (χ3v) is 9.63. The average Bonchev–Trinajstić information content (AvgIpc) is 3.27. The van der Waals surface area contributed by atoms with Gasteiger partial charge in [0.1, 0.15) is 0 Å². The Morgan fingerprint density at radius 3 is 0.741 bits per heavy atom. The van der Waals surface area contributed by atoms with E-state index in [0.29, 0.717) is 0 Å². The first-order chi connectivity index (χ1) is 26.7. The smallest absolute Gasteiger partial charge is 0.0702 e. The van der Waals surface area contributed by atoms with Crippen LogP contribution in [0.5, 0.6) is 0 Å². The zero-order chi connectivity index (χ0) is 36.1. The van der Waals surface area contributed by atoms with Gasteiger partial charge in [0.05, 0.1) is 22.8 Å². The van der Waals surface area contributed by atoms with Gasteiger partial charge in [-0.1, -0.05) is 78.9 Å². The highest BCUT2D eigenvalue weighted by atomic mass is 14.7. The fraction of sp³-hybridized carbons (Fsp3) is 0. The van der Waals surface area contributed by atoms with E-state index in [2.05, 4.69) is 133 Å². The van der Waals surface area contributed by atoms with Crippen molar-refractivity contribution in [3.8, 4) is 89.5 Å². The average molecular weight is 691 g/mol. The highest BCUT2D eigenvalue weighted by Crippen LogP contribution is 2.39. The van der Waals surface area contributed by atoms with Crippen LogP contribution in [-0.2, 0) is 0 Å². The summed E-state index contributed by atoms with van der Waals surface area (Å²) in [4.78, 5) is 18.9. The standard InChI is InChI=1S/C50H34N4/c1-2-12-35(13-3-1)36-18-20-37(21-19-36)38-26-39(41-29-43(47-14-4-8-22-51-47)33-44(30-41)48-15-5-9-23-52-48)28-40(27-38)42-31-45(49-16-6-10-24-53-49)34-46(32-42)50-17-7-11-25-54-50/h1-34H. The molecule has 0 aliphatic rings. The van der Waals surface area contributed by atoms with E-state index < -0.39 is 0 Å². The summed E-state index contributed by atoms with van der Waals surface area (Å²) < 4.78 is 0. The first-order valence-corrected chi connectivity index (χ1v) is 18.0. The predicted octanol–water partition coefficient (Wildman–Crippen LogP) is 12.6. The number of aromatic nitrogens is 4. The lowest BCUT2D eigenvalue weighted by atomic mass is 9.89. The van der Waals surface area contributed by atoms with Gasteiger partial charge < -0.3 is 0 Å². The van der Waals surface area contributed by atoms with Crippen molar-refractivity contribution >= 4 is 0 Å². The van der Waals surface area contributed by atoms with Crippen molar-refractivity contribution in [2.24, 2.45) is 0 Å². The van der Waals surface area contributed by atoms with E-state index in [0.717, 1.165) is 78.4 Å². The van der Waals surface area contributed by atoms with Crippen LogP contribution in [0.2, 0.25) is 0 Å². The predicted molar refractivity (Wildman–Crippen MR) is 221 cm³/mol. The molecule has 4 heteroatoms. The minimum Gasteiger partial charge on any atom is -0.256 e. The monoisotopic (exact) mass is 690 g/mol. The maximum Gasteiger partial charge on any atom is 0.0702 e. The topological polar surface area (TPSA) is 51.6 Å². The second kappa shape index (κ2) is 14.7. The van der Waals surface area contributed by atoms with Crippen molar-refractivity contribution in [3.05, 3.63) is 207 Å². The molecule has 0 N–H and O–H groups in total. The Morgan fingerprint density at radius 1 is 0.185 bits per heavy atom. The van der Waals surface area contributed by atoms with E-state index >= 15 is 0 Å². The molecule has 54 heavy (non-hydrogen) atoms. The van der Waals surface area contributed by atoms with Gasteiger partial charge in [0, 0.05) is 47.0 Å². The van der Waals surface area contributed by atoms with Crippen molar-refractivity contribution in [2.45, 2.75) is 0 Å². The van der Waals surface area contributed by atoms with Gasteiger partial charge in [-0.15, -0.1) is 0 Å². The van der Waals surface area contributed by atoms with E-state index in [4.69, 9.17) is 19.9 Å². The molecule has 0 bridgehead atoms. The van der Waals surface area contributed by atoms with E-state index in [1.165, 1.54) is 11.1 Å². The maximum atomic E-state index is 4.73. The fourth-order valence-corrected chi connectivity index (χ4v) is 6.93. The molecule has 0 amide bonds. The molecule has 0 aliphatic heterocycles. The van der Waals surface area contributed by atoms with Crippen molar-refractivity contribution in [3.63, 3.8) is 0 Å². The molecular formula is C50H34N4. The lowest BCUT2D eigenvalue weighted by Gasteiger charge is -2.16. The normalized spacial score (nSPS) is 11.0. The third kappa shape index (κ3) is 6.97. The van der Waals surface area contributed by atoms with Crippen molar-refractivity contribution in [1.29, 1.82) is 0 Å². The van der Waals surface area contributed by atoms with Crippen LogP contribution >= 0.6 is 0 Å². The molecule has 9 aromatic rings. The maximum absolute atomic E-state index is 4.73. The molecule has 5 aromatic carbocycles. The Bertz CT molecular complexity index is 2400. The Balaban J connectivity index is 1.26. The number of nitrogens with zero attached hydrogens (tertiary/aromatic N) is 4. The van der Waals surface area contributed by atoms with Crippen LogP contribution in [0.1, 0.15) is 0 Å². The minimum absolute atomic E-state index is 0.910. The Kier molecular flexibility index (Phi) is 8.90. The van der Waals surface area contributed by atoms with Crippen LogP contribution in [-0.4, -0.2) is 19.9 Å². The van der Waals surface area contributed by atoms with Crippen LogP contribution in [0.4, 0.5) is 0 Å². The summed E-state index contributed by atoms with van der Waals surface area (Å²) in [5.41, 5.74) is 16.7. The van der Waals surface area contributed by atoms with Gasteiger partial charge in [0.15, 0.2) is 0 Å². The number of benzene rings is 5. The molecule has 254 valence electrons. The van der Waals surface area contributed by atoms with Crippen LogP contribution in [0, 0.1) is 0 Å². The summed E-state index contributed by atoms with van der Waals surface area (Å²) in [7, 11) is 0. The molecule has 4 aromatic heterocycles. The lowest BCUT2D eigenvalue weighted by molar-refractivity contribution is 1.31. The molecule has 0 saturated heterocycles. The zero-order valence-corrected chi connectivity index (χ0v) is 29.4. The summed E-state index contributed by atoms with van der Waals surface area (Å²) in [6.45, 7) is 0. The second-order valence-electron chi connectivity index (χ2n) is 13.2. The molecule has 0 saturated carbocycles. The van der Waals surface area contributed by atoms with Crippen LogP contribution < -0.4 is 0 Å². The molecule has 0 radical (unpaired) electrons. The summed E-state index contributed by atoms with van der Waals surface area (Å²) in [6.07, 6.45) is 7.37. The Labute approximate surface area is 315 Å². The minimum atomic E-state index is 0.910. The van der Waals surface area contributed by atoms with Crippen molar-refractivity contribution in [2.75, 3.05) is 0 Å². The Morgan fingerprint density at radius 2 is 0.426 bits per heavy atom. The molecule has 4 heterocycles. The first kappa shape index (κ1) is 32.6. The zero-order valence-electron chi connectivity index (χ0n) is 29.4. The fourth-order valence-electron chi connectivity index (χ4n) is 6.93. The quantitative estimate of drug-likeness (QED) is 0.159. The molecule has 9 rings (SSSR count). The molecule has 0 aliphatic carbocycles. The number of hydrogen-bond acceptors (Lipinski definition) is 4. The van der Waals surface area contributed by atoms with Gasteiger partial charge in [0.2, 0.25) is 0 Å². The highest BCUT2D eigenvalue weighted by Gasteiger charge is 2.15. The Hall–Kier alpha value is -7.30. The van der Waals surface area contributed by atoms with E-state index in [9.17, 15) is 0 Å². The van der Waals surface area contributed by atoms with Gasteiger partial charge in [-0.05, 0) is 148 Å². The van der Waals surface area contributed by atoms with E-state index in [1.54, 1.807) is 0 Å². The van der Waals surface area contributed by atoms with Crippen LogP contribution in [0.25, 0.3) is 89.5 Å². The molecular weight excluding hydrogens is 657 g/mol. The van der Waals surface area contributed by atoms with E-state index in [-0.39, 0.29) is 0 Å². The second-order valence-corrected chi connectivity index (χ2v) is 13.2. The highest BCUT2D eigenvalue weighted by molar-refractivity contribution is 5.87. The number of rotatable bonds is 8. The SMILES string of the molecule is c1ccc(-c2ccc(-c3cc(-c4cc(-c5ccccn5)cc(-c5ccccn5)c4)cc(-c4cc(-c5ccccn5)cc(-c5ccccn5)c4)c3)cc2)cc1. The van der Waals surface area contributed by atoms with Gasteiger partial charge in [0.25, 0.3) is 0 Å². The van der Waals surface area contributed by atoms with Crippen molar-refractivity contribution < 1.29 is 0 Å². The molecule has 0 spiro atoms. The van der Waals surface area contributed by atoms with Gasteiger partial charge in [-0.3, -0.25) is 19.9 Å². The molecule has 0 atom stereocenters. The van der Waals surface area contributed by atoms with Crippen molar-refractivity contribution in [1.82, 2.24) is 19.9 Å². The molecule has 0 fully saturated rings. The first-order valence-electron chi connectivity index (χ1n) is 18.0. The van der Waals surface area contributed by atoms with Crippen LogP contribution in [0.15, 0.2) is 207 Å². The lowest BCUT2D eigenvalue weighted by Crippen LogP contribution is -1.92. The van der Waals surface area contributed by atoms with Gasteiger partial charge in [-0.25, -0.2) is 0 Å². The summed E-state index contributed by atoms with van der Waals surface area (Å²) in [5, 5.41) is 0. The van der Waals surface area contributed by atoms with E-state index in [1.807, 2.05) is 73.3 Å². The third-order valence-electron chi connectivity index (χ3n) is 9.63. The molecule has 0 unspecified atom stereocenters. The largest absolute Gasteiger partial charge is 0.256 e. The number of hydrogen-bond donors (Lipinski definition) is 0. The molecule has 4 nitrogen and oxygen atoms in total. The van der Waals surface area contributed by atoms with Crippen LogP contribution in [0.3, 0.4) is 0 Å². The summed E-state index contributed by atoms with van der Waals surface area (Å²) in [6, 6.07) is 63.7. The number of pyridine rings is 4. The van der Waals surface area contributed by atoms with Gasteiger partial charge in [-0.2, -0.15) is 0 Å². The summed E-state index contributed by atoms with van der Waals surface area (Å²) in [5.74, 6) is 0.